The fourth-order valence-corrected chi connectivity index (χ4v) is 13.5. The Morgan fingerprint density at radius 1 is 0.278 bits per heavy atom. The molecule has 3 N–H and O–H groups in total. The average Bonchev–Trinajstić information content (AvgIpc) is 1.20. The van der Waals surface area contributed by atoms with Crippen molar-refractivity contribution in [1.82, 2.24) is 0 Å². The molecule has 0 aromatic rings. The van der Waals surface area contributed by atoms with Crippen molar-refractivity contribution in [1.29, 1.82) is 0 Å². The van der Waals surface area contributed by atoms with Crippen molar-refractivity contribution in [3.8, 4) is 0 Å². The van der Waals surface area contributed by atoms with E-state index in [0.29, 0.717) is 25.7 Å². The highest BCUT2D eigenvalue weighted by Crippen LogP contribution is 2.45. The second-order valence-corrected chi connectivity index (χ2v) is 32.4. The molecule has 0 aromatic carbocycles. The first-order chi connectivity index (χ1) is 46.7. The SMILES string of the molecule is CCCCCCCCCCCCCCCCCCCCCCC(=O)O[C@H](COC(=O)CCCCCCCCCCCCCC(C)C)COP(=O)(O)OC[C@@H](O)COP(=O)(O)OC[C@@H](COC(=O)CCCCCCCCCCC(C)C)OC(=O)CCCCCCCCCCCC(C)C. The van der Waals surface area contributed by atoms with Crippen molar-refractivity contribution in [3.05, 3.63) is 0 Å². The predicted molar refractivity (Wildman–Crippen MR) is 395 cm³/mol. The van der Waals surface area contributed by atoms with Crippen LogP contribution >= 0.6 is 15.6 Å². The minimum atomic E-state index is -4.96. The number of phosphoric ester groups is 2. The molecule has 5 atom stereocenters. The molecule has 0 fully saturated rings. The van der Waals surface area contributed by atoms with Gasteiger partial charge < -0.3 is 33.8 Å². The maximum atomic E-state index is 13.1. The predicted octanol–water partition coefficient (Wildman–Crippen LogP) is 23.0. The molecule has 17 nitrogen and oxygen atoms in total. The highest BCUT2D eigenvalue weighted by atomic mass is 31.2. The molecule has 0 radical (unpaired) electrons. The summed E-state index contributed by atoms with van der Waals surface area (Å²) in [6, 6.07) is 0. The van der Waals surface area contributed by atoms with Crippen LogP contribution < -0.4 is 0 Å². The van der Waals surface area contributed by atoms with E-state index in [1.807, 2.05) is 0 Å². The van der Waals surface area contributed by atoms with Gasteiger partial charge >= 0.3 is 39.5 Å². The molecule has 0 rings (SSSR count). The van der Waals surface area contributed by atoms with Crippen molar-refractivity contribution >= 4 is 39.5 Å². The van der Waals surface area contributed by atoms with Gasteiger partial charge in [0.25, 0.3) is 0 Å². The minimum Gasteiger partial charge on any atom is -0.462 e. The number of aliphatic hydroxyl groups excluding tert-OH is 1. The summed E-state index contributed by atoms with van der Waals surface area (Å²) < 4.78 is 68.6. The quantitative estimate of drug-likeness (QED) is 0.0222. The van der Waals surface area contributed by atoms with Gasteiger partial charge in [-0.25, -0.2) is 9.13 Å². The van der Waals surface area contributed by atoms with Crippen LogP contribution in [0.5, 0.6) is 0 Å². The van der Waals surface area contributed by atoms with Gasteiger partial charge in [0.15, 0.2) is 12.2 Å². The summed E-state index contributed by atoms with van der Waals surface area (Å²) in [5.41, 5.74) is 0. The molecule has 0 aromatic heterocycles. The number of aliphatic hydroxyl groups is 1. The molecule has 97 heavy (non-hydrogen) atoms. The Labute approximate surface area is 594 Å². The maximum absolute atomic E-state index is 13.1. The van der Waals surface area contributed by atoms with E-state index in [9.17, 15) is 43.2 Å². The third-order valence-electron chi connectivity index (χ3n) is 18.1. The van der Waals surface area contributed by atoms with Crippen molar-refractivity contribution in [2.75, 3.05) is 39.6 Å². The first kappa shape index (κ1) is 95.1. The van der Waals surface area contributed by atoms with E-state index in [-0.39, 0.29) is 25.7 Å². The zero-order valence-electron chi connectivity index (χ0n) is 63.5. The Balaban J connectivity index is 5.23. The third-order valence-corrected chi connectivity index (χ3v) is 20.0. The van der Waals surface area contributed by atoms with Crippen LogP contribution in [0.25, 0.3) is 0 Å². The van der Waals surface area contributed by atoms with Crippen molar-refractivity contribution in [2.24, 2.45) is 17.8 Å². The van der Waals surface area contributed by atoms with Gasteiger partial charge in [0.2, 0.25) is 0 Å². The number of unbranched alkanes of at least 4 members (excludes halogenated alkanes) is 44. The zero-order valence-corrected chi connectivity index (χ0v) is 65.3. The molecule has 0 amide bonds. The summed E-state index contributed by atoms with van der Waals surface area (Å²) >= 11 is 0. The fourth-order valence-electron chi connectivity index (χ4n) is 12.0. The van der Waals surface area contributed by atoms with Gasteiger partial charge in [0.1, 0.15) is 19.3 Å². The van der Waals surface area contributed by atoms with Gasteiger partial charge in [-0.2, -0.15) is 0 Å². The fraction of sp³-hybridized carbons (Fsp3) is 0.949. The van der Waals surface area contributed by atoms with Crippen LogP contribution in [0.3, 0.4) is 0 Å². The molecule has 0 aliphatic heterocycles. The highest BCUT2D eigenvalue weighted by molar-refractivity contribution is 7.47. The van der Waals surface area contributed by atoms with Gasteiger partial charge in [-0.05, 0) is 43.4 Å². The molecule has 0 bridgehead atoms. The molecule has 0 saturated carbocycles. The lowest BCUT2D eigenvalue weighted by molar-refractivity contribution is -0.161. The Bertz CT molecular complexity index is 1890. The standard InChI is InChI=1S/C78H152O17P2/c1-8-9-10-11-12-13-14-15-16-17-18-19-20-21-22-25-31-40-47-54-61-77(82)94-73(65-88-75(80)59-52-45-38-30-26-23-24-28-35-42-49-56-69(2)3)67-92-96(84,85)90-63-72(79)64-91-97(86,87)93-68-74(66-89-76(81)60-53-46-39-34-33-37-44-51-58-71(6)7)95-78(83)62-55-48-41-32-27-29-36-43-50-57-70(4)5/h69-74,79H,8-68H2,1-7H3,(H,84,85)(H,86,87)/t72-,73-,74-/m1/s1. The molecule has 19 heteroatoms. The number of hydrogen-bond acceptors (Lipinski definition) is 15. The number of carbonyl (C=O) groups is 4. The van der Waals surface area contributed by atoms with Crippen LogP contribution in [0, 0.1) is 17.8 Å². The van der Waals surface area contributed by atoms with Crippen molar-refractivity contribution in [2.45, 2.75) is 420 Å². The van der Waals surface area contributed by atoms with Gasteiger partial charge in [-0.1, -0.05) is 350 Å². The summed E-state index contributed by atoms with van der Waals surface area (Å²) in [7, 11) is -9.92. The van der Waals surface area contributed by atoms with E-state index < -0.39 is 97.5 Å². The summed E-state index contributed by atoms with van der Waals surface area (Å²) in [4.78, 5) is 72.9. The topological polar surface area (TPSA) is 237 Å². The largest absolute Gasteiger partial charge is 0.472 e. The summed E-state index contributed by atoms with van der Waals surface area (Å²) in [6.45, 7) is 11.9. The lowest BCUT2D eigenvalue weighted by atomic mass is 10.0. The van der Waals surface area contributed by atoms with Crippen LogP contribution in [0.15, 0.2) is 0 Å². The molecule has 0 saturated heterocycles. The Morgan fingerprint density at radius 3 is 0.701 bits per heavy atom. The van der Waals surface area contributed by atoms with Crippen LogP contribution in [-0.2, 0) is 65.4 Å². The molecule has 576 valence electrons. The number of rotatable bonds is 76. The minimum absolute atomic E-state index is 0.105. The van der Waals surface area contributed by atoms with Crippen molar-refractivity contribution < 1.29 is 80.2 Å². The van der Waals surface area contributed by atoms with Gasteiger partial charge in [0, 0.05) is 25.7 Å². The highest BCUT2D eigenvalue weighted by Gasteiger charge is 2.30. The molecular weight excluding hydrogens is 1270 g/mol. The Hall–Kier alpha value is -1.94. The van der Waals surface area contributed by atoms with E-state index >= 15 is 0 Å². The van der Waals surface area contributed by atoms with Crippen LogP contribution in [-0.4, -0.2) is 96.7 Å². The van der Waals surface area contributed by atoms with Crippen molar-refractivity contribution in [3.63, 3.8) is 0 Å². The van der Waals surface area contributed by atoms with E-state index in [0.717, 1.165) is 108 Å². The maximum Gasteiger partial charge on any atom is 0.472 e. The summed E-state index contributed by atoms with van der Waals surface area (Å²) in [5.74, 6) is 0.117. The molecule has 0 aliphatic rings. The van der Waals surface area contributed by atoms with Gasteiger partial charge in [0.05, 0.1) is 26.4 Å². The Kier molecular flexibility index (Phi) is 67.1. The average molecular weight is 1420 g/mol. The monoisotopic (exact) mass is 1420 g/mol. The second kappa shape index (κ2) is 68.5. The summed E-state index contributed by atoms with van der Waals surface area (Å²) in [5, 5.41) is 10.6. The molecule has 2 unspecified atom stereocenters. The van der Waals surface area contributed by atoms with E-state index in [4.69, 9.17) is 37.0 Å². The molecule has 0 heterocycles. The molecule has 0 spiro atoms. The lowest BCUT2D eigenvalue weighted by Crippen LogP contribution is -2.30. The van der Waals surface area contributed by atoms with E-state index in [1.165, 1.54) is 212 Å². The van der Waals surface area contributed by atoms with Gasteiger partial charge in [-0.3, -0.25) is 37.3 Å². The van der Waals surface area contributed by atoms with Crippen LogP contribution in [0.2, 0.25) is 0 Å². The third kappa shape index (κ3) is 72.2. The smallest absolute Gasteiger partial charge is 0.462 e. The van der Waals surface area contributed by atoms with E-state index in [2.05, 4.69) is 48.5 Å². The molecular formula is C78H152O17P2. The number of hydrogen-bond donors (Lipinski definition) is 3. The first-order valence-corrected chi connectivity index (χ1v) is 43.3. The number of esters is 4. The Morgan fingerprint density at radius 2 is 0.474 bits per heavy atom. The zero-order chi connectivity index (χ0) is 71.6. The lowest BCUT2D eigenvalue weighted by Gasteiger charge is -2.21. The van der Waals surface area contributed by atoms with Crippen LogP contribution in [0.4, 0.5) is 0 Å². The number of carbonyl (C=O) groups excluding carboxylic acids is 4. The van der Waals surface area contributed by atoms with Crippen LogP contribution in [0.1, 0.15) is 402 Å². The summed E-state index contributed by atoms with van der Waals surface area (Å²) in [6.07, 6.45) is 55.6. The first-order valence-electron chi connectivity index (χ1n) is 40.3. The number of ether oxygens (including phenoxy) is 4. The van der Waals surface area contributed by atoms with Gasteiger partial charge in [-0.15, -0.1) is 0 Å². The van der Waals surface area contributed by atoms with E-state index in [1.54, 1.807) is 0 Å². The second-order valence-electron chi connectivity index (χ2n) is 29.5. The molecule has 0 aliphatic carbocycles. The normalized spacial score (nSPS) is 14.0. The number of phosphoric acid groups is 2.